The van der Waals surface area contributed by atoms with E-state index in [4.69, 9.17) is 10.5 Å². The average molecular weight is 393 g/mol. The van der Waals surface area contributed by atoms with Gasteiger partial charge in [-0.2, -0.15) is 0 Å². The van der Waals surface area contributed by atoms with Gasteiger partial charge in [-0.15, -0.1) is 24.0 Å². The summed E-state index contributed by atoms with van der Waals surface area (Å²) in [5.74, 6) is 0.635. The topological polar surface area (TPSA) is 59.6 Å². The van der Waals surface area contributed by atoms with E-state index in [0.29, 0.717) is 24.2 Å². The van der Waals surface area contributed by atoms with Gasteiger partial charge in [-0.3, -0.25) is 4.99 Å². The van der Waals surface area contributed by atoms with Gasteiger partial charge < -0.3 is 15.8 Å². The zero-order valence-electron chi connectivity index (χ0n) is 12.4. The van der Waals surface area contributed by atoms with E-state index in [-0.39, 0.29) is 29.4 Å². The summed E-state index contributed by atoms with van der Waals surface area (Å²) in [6, 6.07) is 0.543. The third-order valence-electron chi connectivity index (χ3n) is 5.15. The van der Waals surface area contributed by atoms with Crippen LogP contribution in [0.1, 0.15) is 58.3 Å². The summed E-state index contributed by atoms with van der Waals surface area (Å²) in [6.45, 7) is 3.11. The monoisotopic (exact) mass is 393 g/mol. The fourth-order valence-corrected chi connectivity index (χ4v) is 3.95. The van der Waals surface area contributed by atoms with Gasteiger partial charge in [-0.25, -0.2) is 0 Å². The van der Waals surface area contributed by atoms with Gasteiger partial charge in [0.15, 0.2) is 5.96 Å². The predicted molar refractivity (Wildman–Crippen MR) is 92.5 cm³/mol. The molecule has 0 aromatic rings. The number of ether oxygens (including phenoxy) is 1. The molecule has 5 heteroatoms. The molecule has 3 unspecified atom stereocenters. The molecule has 0 aromatic carbocycles. The van der Waals surface area contributed by atoms with Crippen molar-refractivity contribution in [2.24, 2.45) is 16.1 Å². The summed E-state index contributed by atoms with van der Waals surface area (Å²) in [6.07, 6.45) is 11.0. The zero-order valence-corrected chi connectivity index (χ0v) is 14.8. The summed E-state index contributed by atoms with van der Waals surface area (Å²) < 4.78 is 5.94. The van der Waals surface area contributed by atoms with Crippen LogP contribution in [-0.2, 0) is 4.74 Å². The first-order valence-electron chi connectivity index (χ1n) is 7.88. The Bertz CT molecular complexity index is 357. The molecule has 2 aliphatic heterocycles. The molecule has 2 saturated heterocycles. The smallest absolute Gasteiger partial charge is 0.188 e. The Morgan fingerprint density at radius 3 is 2.60 bits per heavy atom. The van der Waals surface area contributed by atoms with E-state index < -0.39 is 0 Å². The average Bonchev–Trinajstić information content (AvgIpc) is 2.98. The van der Waals surface area contributed by atoms with Gasteiger partial charge in [0.2, 0.25) is 0 Å². The predicted octanol–water partition coefficient (Wildman–Crippen LogP) is 2.80. The maximum Gasteiger partial charge on any atom is 0.188 e. The van der Waals surface area contributed by atoms with Crippen molar-refractivity contribution < 1.29 is 4.74 Å². The number of nitrogens with zero attached hydrogens (tertiary/aromatic N) is 1. The Hall–Kier alpha value is -0.0400. The van der Waals surface area contributed by atoms with Gasteiger partial charge in [0.25, 0.3) is 0 Å². The summed E-state index contributed by atoms with van der Waals surface area (Å²) in [4.78, 5) is 4.59. The van der Waals surface area contributed by atoms with Gasteiger partial charge in [-0.1, -0.05) is 26.2 Å². The Morgan fingerprint density at radius 1 is 1.25 bits per heavy atom. The largest absolute Gasteiger partial charge is 0.374 e. The van der Waals surface area contributed by atoms with Crippen LogP contribution >= 0.6 is 24.0 Å². The summed E-state index contributed by atoms with van der Waals surface area (Å²) in [7, 11) is 0. The van der Waals surface area contributed by atoms with Crippen LogP contribution in [0.2, 0.25) is 0 Å². The van der Waals surface area contributed by atoms with E-state index in [1.165, 1.54) is 44.9 Å². The molecule has 3 aliphatic rings. The molecule has 116 valence electrons. The Kier molecular flexibility index (Phi) is 5.56. The van der Waals surface area contributed by atoms with E-state index in [9.17, 15) is 0 Å². The van der Waals surface area contributed by atoms with E-state index in [0.717, 1.165) is 13.0 Å². The molecule has 1 aliphatic carbocycles. The van der Waals surface area contributed by atoms with Crippen LogP contribution in [0.5, 0.6) is 0 Å². The molecule has 20 heavy (non-hydrogen) atoms. The first kappa shape index (κ1) is 16.3. The van der Waals surface area contributed by atoms with Gasteiger partial charge in [0, 0.05) is 11.5 Å². The highest BCUT2D eigenvalue weighted by Crippen LogP contribution is 2.47. The third kappa shape index (κ3) is 3.59. The second-order valence-electron chi connectivity index (χ2n) is 6.86. The van der Waals surface area contributed by atoms with Crippen molar-refractivity contribution in [3.05, 3.63) is 0 Å². The highest BCUT2D eigenvalue weighted by molar-refractivity contribution is 14.0. The van der Waals surface area contributed by atoms with Crippen molar-refractivity contribution in [2.75, 3.05) is 6.54 Å². The number of fused-ring (bicyclic) bond motifs is 2. The van der Waals surface area contributed by atoms with Gasteiger partial charge >= 0.3 is 0 Å². The maximum atomic E-state index is 6.04. The molecule has 2 bridgehead atoms. The molecule has 0 aromatic heterocycles. The van der Waals surface area contributed by atoms with E-state index >= 15 is 0 Å². The molecule has 0 radical (unpaired) electrons. The quantitative estimate of drug-likeness (QED) is 0.441. The van der Waals surface area contributed by atoms with Crippen LogP contribution in [0.25, 0.3) is 0 Å². The molecule has 2 heterocycles. The highest BCUT2D eigenvalue weighted by atomic mass is 127. The van der Waals surface area contributed by atoms with Crippen molar-refractivity contribution in [2.45, 2.75) is 76.5 Å². The van der Waals surface area contributed by atoms with Gasteiger partial charge in [0.05, 0.1) is 18.8 Å². The van der Waals surface area contributed by atoms with Crippen molar-refractivity contribution in [1.29, 1.82) is 0 Å². The van der Waals surface area contributed by atoms with E-state index in [2.05, 4.69) is 17.2 Å². The van der Waals surface area contributed by atoms with Crippen LogP contribution in [0, 0.1) is 5.41 Å². The minimum atomic E-state index is 0. The summed E-state index contributed by atoms with van der Waals surface area (Å²) >= 11 is 0. The number of hydrogen-bond acceptors (Lipinski definition) is 2. The van der Waals surface area contributed by atoms with Crippen molar-refractivity contribution in [3.8, 4) is 0 Å². The lowest BCUT2D eigenvalue weighted by Gasteiger charge is -2.30. The summed E-state index contributed by atoms with van der Waals surface area (Å²) in [5.41, 5.74) is 6.25. The molecule has 3 rings (SSSR count). The maximum absolute atomic E-state index is 6.04. The van der Waals surface area contributed by atoms with Crippen molar-refractivity contribution >= 4 is 29.9 Å². The number of nitrogens with two attached hydrogens (primary N) is 1. The highest BCUT2D eigenvalue weighted by Gasteiger charge is 2.49. The Morgan fingerprint density at radius 2 is 2.00 bits per heavy atom. The normalized spacial score (nSPS) is 37.8. The minimum Gasteiger partial charge on any atom is -0.374 e. The number of guanidine groups is 1. The number of nitrogens with one attached hydrogen (secondary N) is 1. The molecule has 3 N–H and O–H groups in total. The first-order chi connectivity index (χ1) is 9.16. The molecule has 4 nitrogen and oxygen atoms in total. The number of aliphatic imine (C=N–C) groups is 1. The fourth-order valence-electron chi connectivity index (χ4n) is 3.95. The van der Waals surface area contributed by atoms with E-state index in [1.54, 1.807) is 0 Å². The van der Waals surface area contributed by atoms with E-state index in [1.807, 2.05) is 0 Å². The standard InChI is InChI=1S/C15H27N3O.HI/c1-15(9-12-7-8-13(15)19-12)10-17-14(16)18-11-5-3-2-4-6-11;/h11-13H,2-10H2,1H3,(H3,16,17,18);1H. The van der Waals surface area contributed by atoms with Gasteiger partial charge in [0.1, 0.15) is 0 Å². The lowest BCUT2D eigenvalue weighted by atomic mass is 9.76. The number of rotatable bonds is 3. The molecule has 3 atom stereocenters. The van der Waals surface area contributed by atoms with Crippen LogP contribution in [0.3, 0.4) is 0 Å². The second-order valence-corrected chi connectivity index (χ2v) is 6.86. The Labute approximate surface area is 139 Å². The molecule has 1 saturated carbocycles. The number of halogens is 1. The van der Waals surface area contributed by atoms with Crippen LogP contribution in [0.15, 0.2) is 4.99 Å². The molecule has 0 amide bonds. The van der Waals surface area contributed by atoms with Crippen LogP contribution in [-0.4, -0.2) is 30.8 Å². The lowest BCUT2D eigenvalue weighted by molar-refractivity contribution is 0.0706. The van der Waals surface area contributed by atoms with Crippen LogP contribution < -0.4 is 11.1 Å². The molecular weight excluding hydrogens is 365 g/mol. The molecule has 3 fully saturated rings. The van der Waals surface area contributed by atoms with Gasteiger partial charge in [-0.05, 0) is 32.1 Å². The fraction of sp³-hybridized carbons (Fsp3) is 0.933. The first-order valence-corrected chi connectivity index (χ1v) is 7.88. The van der Waals surface area contributed by atoms with Crippen LogP contribution in [0.4, 0.5) is 0 Å². The van der Waals surface area contributed by atoms with Crippen molar-refractivity contribution in [1.82, 2.24) is 5.32 Å². The molecular formula is C15H28IN3O. The third-order valence-corrected chi connectivity index (χ3v) is 5.15. The summed E-state index contributed by atoms with van der Waals surface area (Å²) in [5, 5.41) is 3.39. The number of hydrogen-bond donors (Lipinski definition) is 2. The minimum absolute atomic E-state index is 0. The second kappa shape index (κ2) is 6.81. The molecule has 0 spiro atoms. The SMILES string of the molecule is CC1(CN=C(N)NC2CCCCC2)CC2CCC1O2.I. The lowest BCUT2D eigenvalue weighted by Crippen LogP contribution is -2.42. The van der Waals surface area contributed by atoms with Crippen molar-refractivity contribution in [3.63, 3.8) is 0 Å². The zero-order chi connectivity index (χ0) is 13.3. The Balaban J connectivity index is 0.00000147.